The number of ketones is 1. The summed E-state index contributed by atoms with van der Waals surface area (Å²) in [7, 11) is 1.22. The average molecular weight is 385 g/mol. The molecule has 1 aromatic carbocycles. The molecule has 27 heavy (non-hydrogen) atoms. The highest BCUT2D eigenvalue weighted by Crippen LogP contribution is 2.38. The lowest BCUT2D eigenvalue weighted by Gasteiger charge is -2.27. The third kappa shape index (κ3) is 2.89. The van der Waals surface area contributed by atoms with Gasteiger partial charge in [-0.25, -0.2) is 9.18 Å². The lowest BCUT2D eigenvalue weighted by molar-refractivity contribution is -0.136. The molecule has 2 aromatic heterocycles. The van der Waals surface area contributed by atoms with E-state index in [1.54, 1.807) is 0 Å². The molecule has 0 spiro atoms. The number of methoxy groups -OCH3 is 1. The third-order valence-corrected chi connectivity index (χ3v) is 4.99. The molecule has 0 saturated carbocycles. The molecule has 1 aliphatic rings. The number of allylic oxidation sites excluding steroid dienone is 1. The second-order valence-electron chi connectivity index (χ2n) is 5.61. The highest BCUT2D eigenvalue weighted by atomic mass is 32.1. The van der Waals surface area contributed by atoms with E-state index >= 15 is 0 Å². The Bertz CT molecular complexity index is 1040. The molecule has 0 saturated heterocycles. The number of carbonyl (C=O) groups excluding carboxylic acids is 2. The summed E-state index contributed by atoms with van der Waals surface area (Å²) < 4.78 is 19.5. The minimum atomic E-state index is -0.726. The Morgan fingerprint density at radius 3 is 2.70 bits per heavy atom. The van der Waals surface area contributed by atoms with Crippen molar-refractivity contribution in [3.8, 4) is 0 Å². The van der Waals surface area contributed by atoms with Crippen LogP contribution in [0.1, 0.15) is 21.3 Å². The van der Waals surface area contributed by atoms with E-state index < -0.39 is 23.6 Å². The van der Waals surface area contributed by atoms with Crippen molar-refractivity contribution in [1.82, 2.24) is 20.2 Å². The van der Waals surface area contributed by atoms with E-state index in [0.29, 0.717) is 0 Å². The van der Waals surface area contributed by atoms with Crippen LogP contribution in [0.4, 0.5) is 10.3 Å². The second kappa shape index (κ2) is 6.72. The fourth-order valence-corrected chi connectivity index (χ4v) is 3.67. The summed E-state index contributed by atoms with van der Waals surface area (Å²) in [5, 5.41) is 16.1. The summed E-state index contributed by atoms with van der Waals surface area (Å²) in [6.45, 7) is 0. The standard InChI is InChI=1S/C17H12FN5O3S/c1-26-16(25)13-12(15(24)9-4-6-10(18)7-5-9)14(11-3-2-8-27-11)23-17(19-13)20-21-22-23/h2-8,14H,1H3,(H,19,20,22)/t14-/m1/s1. The van der Waals surface area contributed by atoms with Crippen LogP contribution in [0.25, 0.3) is 0 Å². The van der Waals surface area contributed by atoms with Crippen LogP contribution >= 0.6 is 11.3 Å². The highest BCUT2D eigenvalue weighted by molar-refractivity contribution is 7.10. The molecule has 10 heteroatoms. The minimum Gasteiger partial charge on any atom is -0.464 e. The fraction of sp³-hybridized carbons (Fsp3) is 0.118. The molecule has 1 aliphatic heterocycles. The number of fused-ring (bicyclic) bond motifs is 1. The summed E-state index contributed by atoms with van der Waals surface area (Å²) in [6.07, 6.45) is 0. The topological polar surface area (TPSA) is 99.0 Å². The molecule has 8 nitrogen and oxygen atoms in total. The number of carbonyl (C=O) groups is 2. The number of anilines is 1. The second-order valence-corrected chi connectivity index (χ2v) is 6.59. The van der Waals surface area contributed by atoms with Crippen molar-refractivity contribution in [2.75, 3.05) is 12.4 Å². The van der Waals surface area contributed by atoms with E-state index in [-0.39, 0.29) is 22.8 Å². The predicted octanol–water partition coefficient (Wildman–Crippen LogP) is 2.20. The van der Waals surface area contributed by atoms with Crippen molar-refractivity contribution >= 4 is 29.0 Å². The van der Waals surface area contributed by atoms with Crippen LogP contribution in [-0.2, 0) is 9.53 Å². The lowest BCUT2D eigenvalue weighted by atomic mass is 9.93. The number of hydrogen-bond acceptors (Lipinski definition) is 8. The van der Waals surface area contributed by atoms with Crippen LogP contribution in [0.2, 0.25) is 0 Å². The molecular weight excluding hydrogens is 373 g/mol. The molecule has 0 bridgehead atoms. The quantitative estimate of drug-likeness (QED) is 0.543. The van der Waals surface area contributed by atoms with Gasteiger partial charge in [0.1, 0.15) is 17.6 Å². The van der Waals surface area contributed by atoms with Crippen LogP contribution in [0.15, 0.2) is 53.0 Å². The summed E-state index contributed by atoms with van der Waals surface area (Å²) in [4.78, 5) is 26.4. The van der Waals surface area contributed by atoms with E-state index in [9.17, 15) is 14.0 Å². The Kier molecular flexibility index (Phi) is 4.24. The van der Waals surface area contributed by atoms with Crippen molar-refractivity contribution in [1.29, 1.82) is 0 Å². The van der Waals surface area contributed by atoms with E-state index in [1.165, 1.54) is 47.4 Å². The van der Waals surface area contributed by atoms with E-state index in [4.69, 9.17) is 4.74 Å². The minimum absolute atomic E-state index is 0.0486. The van der Waals surface area contributed by atoms with Gasteiger partial charge in [0.05, 0.1) is 12.7 Å². The average Bonchev–Trinajstić information content (AvgIpc) is 3.37. The first-order chi connectivity index (χ1) is 13.1. The molecule has 0 amide bonds. The maximum absolute atomic E-state index is 13.3. The Hall–Kier alpha value is -3.40. The van der Waals surface area contributed by atoms with Crippen LogP contribution in [0, 0.1) is 5.82 Å². The van der Waals surface area contributed by atoms with Gasteiger partial charge in [-0.15, -0.1) is 11.3 Å². The number of nitrogens with zero attached hydrogens (tertiary/aromatic N) is 4. The monoisotopic (exact) mass is 385 g/mol. The number of ether oxygens (including phenoxy) is 1. The zero-order valence-corrected chi connectivity index (χ0v) is 14.7. The molecule has 1 atom stereocenters. The van der Waals surface area contributed by atoms with Gasteiger partial charge in [0.2, 0.25) is 5.95 Å². The molecule has 136 valence electrons. The first kappa shape index (κ1) is 17.0. The zero-order valence-electron chi connectivity index (χ0n) is 13.9. The number of aromatic nitrogens is 4. The van der Waals surface area contributed by atoms with Crippen molar-refractivity contribution < 1.29 is 18.7 Å². The van der Waals surface area contributed by atoms with Gasteiger partial charge >= 0.3 is 5.97 Å². The van der Waals surface area contributed by atoms with Gasteiger partial charge in [0, 0.05) is 10.4 Å². The Balaban J connectivity index is 1.93. The third-order valence-electron chi connectivity index (χ3n) is 4.07. The van der Waals surface area contributed by atoms with Crippen LogP contribution in [0.3, 0.4) is 0 Å². The lowest BCUT2D eigenvalue weighted by Crippen LogP contribution is -2.32. The summed E-state index contributed by atoms with van der Waals surface area (Å²) in [5.74, 6) is -1.43. The van der Waals surface area contributed by atoms with Gasteiger partial charge in [-0.2, -0.15) is 4.68 Å². The van der Waals surface area contributed by atoms with E-state index in [0.717, 1.165) is 4.88 Å². The SMILES string of the molecule is COC(=O)C1=C(C(=O)c2ccc(F)cc2)[C@@H](c2cccs2)n2nnnc2N1. The smallest absolute Gasteiger partial charge is 0.355 e. The molecule has 0 radical (unpaired) electrons. The van der Waals surface area contributed by atoms with Crippen molar-refractivity contribution in [3.63, 3.8) is 0 Å². The van der Waals surface area contributed by atoms with E-state index in [1.807, 2.05) is 17.5 Å². The Morgan fingerprint density at radius 2 is 2.04 bits per heavy atom. The maximum Gasteiger partial charge on any atom is 0.355 e. The van der Waals surface area contributed by atoms with Gasteiger partial charge in [-0.05, 0) is 46.1 Å². The normalized spacial score (nSPS) is 15.9. The fourth-order valence-electron chi connectivity index (χ4n) is 2.86. The number of halogens is 1. The maximum atomic E-state index is 13.3. The molecule has 3 aromatic rings. The summed E-state index contributed by atoms with van der Waals surface area (Å²) in [5.41, 5.74) is 0.302. The van der Waals surface area contributed by atoms with Gasteiger partial charge in [0.15, 0.2) is 5.78 Å². The Morgan fingerprint density at radius 1 is 1.26 bits per heavy atom. The van der Waals surface area contributed by atoms with Gasteiger partial charge in [0.25, 0.3) is 0 Å². The highest BCUT2D eigenvalue weighted by Gasteiger charge is 2.38. The van der Waals surface area contributed by atoms with Crippen LogP contribution < -0.4 is 5.32 Å². The van der Waals surface area contributed by atoms with Crippen molar-refractivity contribution in [2.24, 2.45) is 0 Å². The molecule has 3 heterocycles. The number of hydrogen-bond donors (Lipinski definition) is 1. The zero-order chi connectivity index (χ0) is 19.0. The first-order valence-electron chi connectivity index (χ1n) is 7.81. The molecule has 4 rings (SSSR count). The number of esters is 1. The van der Waals surface area contributed by atoms with Crippen LogP contribution in [0.5, 0.6) is 0 Å². The Labute approximate surface area is 156 Å². The first-order valence-corrected chi connectivity index (χ1v) is 8.69. The van der Waals surface area contributed by atoms with Crippen molar-refractivity contribution in [2.45, 2.75) is 6.04 Å². The van der Waals surface area contributed by atoms with E-state index in [2.05, 4.69) is 20.8 Å². The molecule has 1 N–H and O–H groups in total. The number of nitrogens with one attached hydrogen (secondary N) is 1. The van der Waals surface area contributed by atoms with Gasteiger partial charge in [-0.1, -0.05) is 11.2 Å². The molecule has 0 fully saturated rings. The predicted molar refractivity (Wildman–Crippen MR) is 93.7 cm³/mol. The largest absolute Gasteiger partial charge is 0.464 e. The number of benzene rings is 1. The molecule has 0 aliphatic carbocycles. The van der Waals surface area contributed by atoms with Gasteiger partial charge < -0.3 is 10.1 Å². The number of Topliss-reactive ketones (excluding diaryl/α,β-unsaturated/α-hetero) is 1. The van der Waals surface area contributed by atoms with Gasteiger partial charge in [-0.3, -0.25) is 4.79 Å². The molecule has 0 unspecified atom stereocenters. The number of thiophene rings is 1. The number of tetrazole rings is 1. The molecular formula is C17H12FN5O3S. The summed E-state index contributed by atoms with van der Waals surface area (Å²) >= 11 is 1.39. The van der Waals surface area contributed by atoms with Crippen molar-refractivity contribution in [3.05, 3.63) is 69.3 Å². The number of rotatable bonds is 4. The summed E-state index contributed by atoms with van der Waals surface area (Å²) in [6, 6.07) is 8.01. The van der Waals surface area contributed by atoms with Crippen LogP contribution in [-0.4, -0.2) is 39.1 Å².